The van der Waals surface area contributed by atoms with E-state index in [1.807, 2.05) is 49.3 Å². The van der Waals surface area contributed by atoms with Gasteiger partial charge in [-0.3, -0.25) is 4.79 Å². The smallest absolute Gasteiger partial charge is 0.325 e. The van der Waals surface area contributed by atoms with Crippen molar-refractivity contribution in [2.24, 2.45) is 5.73 Å². The molecule has 0 saturated carbocycles. The van der Waals surface area contributed by atoms with Gasteiger partial charge in [-0.25, -0.2) is 0 Å². The molecule has 18 heavy (non-hydrogen) atoms. The van der Waals surface area contributed by atoms with Gasteiger partial charge >= 0.3 is 5.97 Å². The van der Waals surface area contributed by atoms with Gasteiger partial charge in [-0.15, -0.1) is 0 Å². The van der Waals surface area contributed by atoms with E-state index >= 15 is 0 Å². The molecule has 0 amide bonds. The Balaban J connectivity index is 2.72. The van der Waals surface area contributed by atoms with Gasteiger partial charge < -0.3 is 15.7 Å². The maximum Gasteiger partial charge on any atom is 0.325 e. The Labute approximate surface area is 106 Å². The van der Waals surface area contributed by atoms with Crippen LogP contribution in [0.2, 0.25) is 0 Å². The Morgan fingerprint density at radius 1 is 1.17 bits per heavy atom. The summed E-state index contributed by atoms with van der Waals surface area (Å²) in [6, 6.07) is 10.4. The van der Waals surface area contributed by atoms with Gasteiger partial charge in [-0.2, -0.15) is 0 Å². The number of aliphatic carboxylic acids is 1. The van der Waals surface area contributed by atoms with Crippen molar-refractivity contribution >= 4 is 22.4 Å². The van der Waals surface area contributed by atoms with Crippen LogP contribution in [0.1, 0.15) is 11.6 Å². The third-order valence-electron chi connectivity index (χ3n) is 3.02. The minimum absolute atomic E-state index is 0.642. The molecule has 2 aromatic rings. The summed E-state index contributed by atoms with van der Waals surface area (Å²) < 4.78 is 0. The Morgan fingerprint density at radius 2 is 1.78 bits per heavy atom. The number of carboxylic acid groups (broad SMARTS) is 1. The first-order valence-corrected chi connectivity index (χ1v) is 5.69. The highest BCUT2D eigenvalue weighted by molar-refractivity contribution is 5.98. The van der Waals surface area contributed by atoms with Crippen LogP contribution in [0.5, 0.6) is 0 Å². The van der Waals surface area contributed by atoms with Gasteiger partial charge in [0.1, 0.15) is 6.04 Å². The largest absolute Gasteiger partial charge is 0.480 e. The summed E-state index contributed by atoms with van der Waals surface area (Å²) >= 11 is 0. The van der Waals surface area contributed by atoms with Crippen molar-refractivity contribution in [1.82, 2.24) is 0 Å². The molecule has 0 fully saturated rings. The predicted molar refractivity (Wildman–Crippen MR) is 72.8 cm³/mol. The van der Waals surface area contributed by atoms with Crippen LogP contribution >= 0.6 is 0 Å². The molecule has 2 rings (SSSR count). The van der Waals surface area contributed by atoms with E-state index in [0.29, 0.717) is 5.56 Å². The number of nitrogens with two attached hydrogens (primary N) is 1. The monoisotopic (exact) mass is 244 g/mol. The molecule has 0 aliphatic carbocycles. The van der Waals surface area contributed by atoms with E-state index in [-0.39, 0.29) is 0 Å². The number of hydrogen-bond acceptors (Lipinski definition) is 3. The fraction of sp³-hybridized carbons (Fsp3) is 0.214. The summed E-state index contributed by atoms with van der Waals surface area (Å²) in [5, 5.41) is 10.9. The highest BCUT2D eigenvalue weighted by Gasteiger charge is 2.18. The second-order valence-electron chi connectivity index (χ2n) is 4.43. The lowest BCUT2D eigenvalue weighted by Crippen LogP contribution is -2.21. The van der Waals surface area contributed by atoms with E-state index < -0.39 is 12.0 Å². The van der Waals surface area contributed by atoms with E-state index in [9.17, 15) is 4.79 Å². The second-order valence-corrected chi connectivity index (χ2v) is 4.43. The Hall–Kier alpha value is -2.07. The SMILES string of the molecule is CN(C)c1ccc(C(N)C(=O)O)c2ccccc12. The molecule has 4 nitrogen and oxygen atoms in total. The Bertz CT molecular complexity index is 593. The summed E-state index contributed by atoms with van der Waals surface area (Å²) in [5.41, 5.74) is 7.41. The Morgan fingerprint density at radius 3 is 2.33 bits per heavy atom. The molecule has 0 radical (unpaired) electrons. The van der Waals surface area contributed by atoms with E-state index in [1.165, 1.54) is 0 Å². The number of fused-ring (bicyclic) bond motifs is 1. The summed E-state index contributed by atoms with van der Waals surface area (Å²) in [4.78, 5) is 13.0. The van der Waals surface area contributed by atoms with Crippen molar-refractivity contribution < 1.29 is 9.90 Å². The second kappa shape index (κ2) is 4.66. The van der Waals surface area contributed by atoms with E-state index in [1.54, 1.807) is 6.07 Å². The zero-order valence-corrected chi connectivity index (χ0v) is 10.4. The molecule has 1 atom stereocenters. The number of carboxylic acids is 1. The molecular formula is C14H16N2O2. The molecule has 0 saturated heterocycles. The minimum Gasteiger partial charge on any atom is -0.480 e. The highest BCUT2D eigenvalue weighted by Crippen LogP contribution is 2.30. The summed E-state index contributed by atoms with van der Waals surface area (Å²) in [7, 11) is 3.91. The minimum atomic E-state index is -1.02. The van der Waals surface area contributed by atoms with Gasteiger partial charge in [-0.1, -0.05) is 30.3 Å². The molecule has 94 valence electrons. The lowest BCUT2D eigenvalue weighted by molar-refractivity contribution is -0.138. The first-order chi connectivity index (χ1) is 8.52. The average Bonchev–Trinajstić information content (AvgIpc) is 2.36. The van der Waals surface area contributed by atoms with Crippen LogP contribution in [0.4, 0.5) is 5.69 Å². The first kappa shape index (κ1) is 12.4. The van der Waals surface area contributed by atoms with Crippen LogP contribution in [0, 0.1) is 0 Å². The first-order valence-electron chi connectivity index (χ1n) is 5.69. The third-order valence-corrected chi connectivity index (χ3v) is 3.02. The molecule has 0 aromatic heterocycles. The van der Waals surface area contributed by atoms with Crippen LogP contribution < -0.4 is 10.6 Å². The van der Waals surface area contributed by atoms with E-state index in [0.717, 1.165) is 16.5 Å². The molecule has 2 aromatic carbocycles. The molecule has 4 heteroatoms. The van der Waals surface area contributed by atoms with Gasteiger partial charge in [0.05, 0.1) is 0 Å². The number of carbonyl (C=O) groups is 1. The van der Waals surface area contributed by atoms with Crippen LogP contribution in [0.25, 0.3) is 10.8 Å². The van der Waals surface area contributed by atoms with Crippen LogP contribution in [0.15, 0.2) is 36.4 Å². The molecule has 3 N–H and O–H groups in total. The number of nitrogens with zero attached hydrogens (tertiary/aromatic N) is 1. The molecule has 1 unspecified atom stereocenters. The zero-order chi connectivity index (χ0) is 13.3. The zero-order valence-electron chi connectivity index (χ0n) is 10.4. The Kier molecular flexibility index (Phi) is 3.21. The topological polar surface area (TPSA) is 66.6 Å². The third kappa shape index (κ3) is 2.02. The lowest BCUT2D eigenvalue weighted by atomic mass is 9.97. The number of rotatable bonds is 3. The number of anilines is 1. The van der Waals surface area contributed by atoms with Gasteiger partial charge in [0.25, 0.3) is 0 Å². The van der Waals surface area contributed by atoms with Crippen molar-refractivity contribution in [2.75, 3.05) is 19.0 Å². The molecule has 0 aliphatic rings. The van der Waals surface area contributed by atoms with Crippen molar-refractivity contribution in [1.29, 1.82) is 0 Å². The van der Waals surface area contributed by atoms with Gasteiger partial charge in [-0.05, 0) is 17.0 Å². The van der Waals surface area contributed by atoms with Crippen LogP contribution in [-0.4, -0.2) is 25.2 Å². The quantitative estimate of drug-likeness (QED) is 0.866. The van der Waals surface area contributed by atoms with Crippen molar-refractivity contribution in [3.05, 3.63) is 42.0 Å². The summed E-state index contributed by atoms with van der Waals surface area (Å²) in [6.07, 6.45) is 0. The molecular weight excluding hydrogens is 228 g/mol. The maximum absolute atomic E-state index is 11.0. The van der Waals surface area contributed by atoms with Gasteiger partial charge in [0, 0.05) is 25.2 Å². The number of benzene rings is 2. The highest BCUT2D eigenvalue weighted by atomic mass is 16.4. The van der Waals surface area contributed by atoms with Gasteiger partial charge in [0.2, 0.25) is 0 Å². The molecule has 0 spiro atoms. The summed E-state index contributed by atoms with van der Waals surface area (Å²) in [6.45, 7) is 0. The molecule has 0 heterocycles. The maximum atomic E-state index is 11.0. The van der Waals surface area contributed by atoms with Gasteiger partial charge in [0.15, 0.2) is 0 Å². The van der Waals surface area contributed by atoms with Crippen LogP contribution in [-0.2, 0) is 4.79 Å². The lowest BCUT2D eigenvalue weighted by Gasteiger charge is -2.18. The van der Waals surface area contributed by atoms with Crippen LogP contribution in [0.3, 0.4) is 0 Å². The normalized spacial score (nSPS) is 12.4. The number of hydrogen-bond donors (Lipinski definition) is 2. The van der Waals surface area contributed by atoms with E-state index in [4.69, 9.17) is 10.8 Å². The van der Waals surface area contributed by atoms with Crippen molar-refractivity contribution in [3.8, 4) is 0 Å². The van der Waals surface area contributed by atoms with Crippen molar-refractivity contribution in [2.45, 2.75) is 6.04 Å². The fourth-order valence-corrected chi connectivity index (χ4v) is 2.10. The van der Waals surface area contributed by atoms with E-state index in [2.05, 4.69) is 0 Å². The predicted octanol–water partition coefficient (Wildman–Crippen LogP) is 1.99. The fourth-order valence-electron chi connectivity index (χ4n) is 2.10. The molecule has 0 aliphatic heterocycles. The van der Waals surface area contributed by atoms with Crippen molar-refractivity contribution in [3.63, 3.8) is 0 Å². The standard InChI is InChI=1S/C14H16N2O2/c1-16(2)12-8-7-11(13(15)14(17)18)9-5-3-4-6-10(9)12/h3-8,13H,15H2,1-2H3,(H,17,18). The molecule has 0 bridgehead atoms. The average molecular weight is 244 g/mol. The summed E-state index contributed by atoms with van der Waals surface area (Å²) in [5.74, 6) is -1.02.